The first kappa shape index (κ1) is 18.7. The summed E-state index contributed by atoms with van der Waals surface area (Å²) in [6.45, 7) is 0. The zero-order valence-corrected chi connectivity index (χ0v) is 16.1. The quantitative estimate of drug-likeness (QED) is 0.437. The Morgan fingerprint density at radius 2 is 1.78 bits per heavy atom. The highest BCUT2D eigenvalue weighted by molar-refractivity contribution is 7.08. The van der Waals surface area contributed by atoms with Crippen LogP contribution in [0.15, 0.2) is 53.2 Å². The average Bonchev–Trinajstić information content (AvgIpc) is 3.26. The Labute approximate surface area is 161 Å². The molecule has 2 heterocycles. The standard InChI is InChI=1S/C21H19NO4S/c1-24-19-11-15(12-20(25-2)21(19)26-3)18(23)8-7-16-5-4-6-17(22-16)14-9-10-27-13-14/h4-13H,1-3H3/b8-7+. The maximum atomic E-state index is 12.6. The number of methoxy groups -OCH3 is 3. The molecule has 0 spiro atoms. The van der Waals surface area contributed by atoms with E-state index in [0.29, 0.717) is 28.5 Å². The van der Waals surface area contributed by atoms with E-state index in [4.69, 9.17) is 14.2 Å². The summed E-state index contributed by atoms with van der Waals surface area (Å²) in [5.74, 6) is 1.14. The first-order valence-corrected chi connectivity index (χ1v) is 9.12. The summed E-state index contributed by atoms with van der Waals surface area (Å²) in [4.78, 5) is 17.2. The Balaban J connectivity index is 1.86. The summed E-state index contributed by atoms with van der Waals surface area (Å²) in [5.41, 5.74) is 3.08. The molecule has 0 aliphatic rings. The molecule has 1 aromatic carbocycles. The summed E-state index contributed by atoms with van der Waals surface area (Å²) < 4.78 is 15.9. The van der Waals surface area contributed by atoms with E-state index >= 15 is 0 Å². The maximum absolute atomic E-state index is 12.6. The van der Waals surface area contributed by atoms with Gasteiger partial charge in [0.15, 0.2) is 17.3 Å². The number of pyridine rings is 1. The summed E-state index contributed by atoms with van der Waals surface area (Å²) in [6, 6.07) is 11.0. The Kier molecular flexibility index (Phi) is 5.88. The molecule has 0 saturated heterocycles. The average molecular weight is 381 g/mol. The molecule has 0 unspecified atom stereocenters. The number of aromatic nitrogens is 1. The van der Waals surface area contributed by atoms with Gasteiger partial charge in [-0.25, -0.2) is 4.98 Å². The number of ketones is 1. The highest BCUT2D eigenvalue weighted by Gasteiger charge is 2.15. The molecule has 2 aromatic heterocycles. The molecule has 0 aliphatic heterocycles. The van der Waals surface area contributed by atoms with Crippen LogP contribution in [0.4, 0.5) is 0 Å². The Hall–Kier alpha value is -3.12. The van der Waals surface area contributed by atoms with Crippen molar-refractivity contribution < 1.29 is 19.0 Å². The highest BCUT2D eigenvalue weighted by atomic mass is 32.1. The SMILES string of the molecule is COc1cc(C(=O)/C=C/c2cccc(-c3ccsc3)n2)cc(OC)c1OC. The molecule has 0 amide bonds. The van der Waals surface area contributed by atoms with Crippen LogP contribution in [0.5, 0.6) is 17.2 Å². The van der Waals surface area contributed by atoms with Crippen LogP contribution in [0.25, 0.3) is 17.3 Å². The number of rotatable bonds is 7. The van der Waals surface area contributed by atoms with E-state index < -0.39 is 0 Å². The molecule has 138 valence electrons. The molecular weight excluding hydrogens is 362 g/mol. The van der Waals surface area contributed by atoms with E-state index in [1.807, 2.05) is 35.0 Å². The summed E-state index contributed by atoms with van der Waals surface area (Å²) in [5, 5.41) is 4.05. The minimum Gasteiger partial charge on any atom is -0.493 e. The molecule has 0 radical (unpaired) electrons. The fraction of sp³-hybridized carbons (Fsp3) is 0.143. The van der Waals surface area contributed by atoms with Gasteiger partial charge >= 0.3 is 0 Å². The number of carbonyl (C=O) groups excluding carboxylic acids is 1. The number of thiophene rings is 1. The number of hydrogen-bond acceptors (Lipinski definition) is 6. The lowest BCUT2D eigenvalue weighted by molar-refractivity contribution is 0.104. The normalized spacial score (nSPS) is 10.8. The van der Waals surface area contributed by atoms with Crippen molar-refractivity contribution in [3.05, 3.63) is 64.5 Å². The second-order valence-corrected chi connectivity index (χ2v) is 6.35. The van der Waals surface area contributed by atoms with Crippen LogP contribution in [0.2, 0.25) is 0 Å². The Morgan fingerprint density at radius 1 is 1.04 bits per heavy atom. The van der Waals surface area contributed by atoms with Crippen LogP contribution < -0.4 is 14.2 Å². The molecule has 0 atom stereocenters. The smallest absolute Gasteiger partial charge is 0.203 e. The van der Waals surface area contributed by atoms with E-state index in [0.717, 1.165) is 11.3 Å². The van der Waals surface area contributed by atoms with Gasteiger partial charge in [0.25, 0.3) is 0 Å². The highest BCUT2D eigenvalue weighted by Crippen LogP contribution is 2.38. The number of carbonyl (C=O) groups is 1. The Bertz CT molecular complexity index is 939. The Morgan fingerprint density at radius 3 is 2.37 bits per heavy atom. The van der Waals surface area contributed by atoms with Crippen LogP contribution in [0.3, 0.4) is 0 Å². The van der Waals surface area contributed by atoms with E-state index in [-0.39, 0.29) is 5.78 Å². The zero-order chi connectivity index (χ0) is 19.2. The van der Waals surface area contributed by atoms with Crippen LogP contribution in [0.1, 0.15) is 16.1 Å². The van der Waals surface area contributed by atoms with E-state index in [1.54, 1.807) is 29.5 Å². The predicted molar refractivity (Wildman–Crippen MR) is 107 cm³/mol. The first-order valence-electron chi connectivity index (χ1n) is 8.18. The minimum atomic E-state index is -0.183. The molecule has 0 N–H and O–H groups in total. The van der Waals surface area contributed by atoms with Gasteiger partial charge in [-0.15, -0.1) is 0 Å². The molecule has 3 rings (SSSR count). The first-order chi connectivity index (χ1) is 13.2. The molecule has 0 aliphatic carbocycles. The van der Waals surface area contributed by atoms with Gasteiger partial charge in [-0.05, 0) is 47.9 Å². The lowest BCUT2D eigenvalue weighted by Gasteiger charge is -2.13. The molecule has 3 aromatic rings. The molecule has 0 fully saturated rings. The monoisotopic (exact) mass is 381 g/mol. The van der Waals surface area contributed by atoms with Crippen LogP contribution in [-0.4, -0.2) is 32.1 Å². The number of ether oxygens (including phenoxy) is 3. The second kappa shape index (κ2) is 8.51. The number of benzene rings is 1. The molecule has 0 bridgehead atoms. The molecular formula is C21H19NO4S. The summed E-state index contributed by atoms with van der Waals surface area (Å²) >= 11 is 1.62. The predicted octanol–water partition coefficient (Wildman–Crippen LogP) is 4.73. The van der Waals surface area contributed by atoms with Crippen molar-refractivity contribution in [2.75, 3.05) is 21.3 Å². The van der Waals surface area contributed by atoms with Gasteiger partial charge in [-0.2, -0.15) is 11.3 Å². The topological polar surface area (TPSA) is 57.7 Å². The van der Waals surface area contributed by atoms with E-state index in [9.17, 15) is 4.79 Å². The van der Waals surface area contributed by atoms with Crippen LogP contribution >= 0.6 is 11.3 Å². The van der Waals surface area contributed by atoms with E-state index in [2.05, 4.69) is 4.98 Å². The van der Waals surface area contributed by atoms with Gasteiger partial charge in [-0.3, -0.25) is 4.79 Å². The number of hydrogen-bond donors (Lipinski definition) is 0. The zero-order valence-electron chi connectivity index (χ0n) is 15.3. The van der Waals surface area contributed by atoms with Crippen LogP contribution in [0, 0.1) is 0 Å². The van der Waals surface area contributed by atoms with Crippen molar-refractivity contribution in [3.8, 4) is 28.5 Å². The van der Waals surface area contributed by atoms with Gasteiger partial charge in [-0.1, -0.05) is 6.07 Å². The molecule has 0 saturated carbocycles. The molecule has 5 nitrogen and oxygen atoms in total. The van der Waals surface area contributed by atoms with E-state index in [1.165, 1.54) is 27.4 Å². The third-order valence-electron chi connectivity index (χ3n) is 3.94. The lowest BCUT2D eigenvalue weighted by Crippen LogP contribution is -2.00. The van der Waals surface area contributed by atoms with Crippen molar-refractivity contribution in [2.24, 2.45) is 0 Å². The second-order valence-electron chi connectivity index (χ2n) is 5.57. The van der Waals surface area contributed by atoms with Crippen LogP contribution in [-0.2, 0) is 0 Å². The number of allylic oxidation sites excluding steroid dienone is 1. The van der Waals surface area contributed by atoms with Gasteiger partial charge < -0.3 is 14.2 Å². The fourth-order valence-electron chi connectivity index (χ4n) is 2.60. The van der Waals surface area contributed by atoms with Crippen molar-refractivity contribution in [2.45, 2.75) is 0 Å². The molecule has 27 heavy (non-hydrogen) atoms. The maximum Gasteiger partial charge on any atom is 0.203 e. The van der Waals surface area contributed by atoms with Gasteiger partial charge in [0.05, 0.1) is 32.7 Å². The third kappa shape index (κ3) is 4.17. The lowest BCUT2D eigenvalue weighted by atomic mass is 10.1. The van der Waals surface area contributed by atoms with Crippen molar-refractivity contribution in [1.29, 1.82) is 0 Å². The van der Waals surface area contributed by atoms with Crippen molar-refractivity contribution in [3.63, 3.8) is 0 Å². The largest absolute Gasteiger partial charge is 0.493 e. The van der Waals surface area contributed by atoms with Crippen molar-refractivity contribution in [1.82, 2.24) is 4.98 Å². The fourth-order valence-corrected chi connectivity index (χ4v) is 3.25. The summed E-state index contributed by atoms with van der Waals surface area (Å²) in [6.07, 6.45) is 3.18. The summed E-state index contributed by atoms with van der Waals surface area (Å²) in [7, 11) is 4.55. The number of nitrogens with zero attached hydrogens (tertiary/aromatic N) is 1. The minimum absolute atomic E-state index is 0.183. The van der Waals surface area contributed by atoms with Gasteiger partial charge in [0, 0.05) is 16.5 Å². The third-order valence-corrected chi connectivity index (χ3v) is 4.63. The van der Waals surface area contributed by atoms with Gasteiger partial charge in [0.1, 0.15) is 0 Å². The molecule has 6 heteroatoms. The van der Waals surface area contributed by atoms with Crippen molar-refractivity contribution >= 4 is 23.2 Å². The van der Waals surface area contributed by atoms with Gasteiger partial charge in [0.2, 0.25) is 5.75 Å².